The zero-order valence-corrected chi connectivity index (χ0v) is 18.9. The van der Waals surface area contributed by atoms with Gasteiger partial charge in [-0.05, 0) is 48.0 Å². The number of pyridine rings is 1. The van der Waals surface area contributed by atoms with Crippen molar-refractivity contribution in [2.24, 2.45) is 7.05 Å². The maximum Gasteiger partial charge on any atom is 0.573 e. The molecule has 0 radical (unpaired) electrons. The lowest BCUT2D eigenvalue weighted by Gasteiger charge is -2.20. The molecule has 10 heteroatoms. The van der Waals surface area contributed by atoms with Crippen LogP contribution in [-0.2, 0) is 18.4 Å². The predicted octanol–water partition coefficient (Wildman–Crippen LogP) is 5.43. The number of nitriles is 2. The first kappa shape index (κ1) is 24.5. The van der Waals surface area contributed by atoms with E-state index in [0.29, 0.717) is 22.4 Å². The van der Waals surface area contributed by atoms with Crippen molar-refractivity contribution in [2.75, 3.05) is 0 Å². The number of alkyl halides is 3. The zero-order valence-electron chi connectivity index (χ0n) is 18.9. The van der Waals surface area contributed by atoms with E-state index in [1.54, 1.807) is 48.9 Å². The van der Waals surface area contributed by atoms with Gasteiger partial charge in [-0.15, -0.1) is 13.2 Å². The van der Waals surface area contributed by atoms with E-state index in [4.69, 9.17) is 10.00 Å². The van der Waals surface area contributed by atoms with Crippen LogP contribution < -0.4 is 4.74 Å². The Balaban J connectivity index is 1.65. The fraction of sp³-hybridized carbons (Fsp3) is 0.154. The Hall–Kier alpha value is -4.67. The maximum absolute atomic E-state index is 12.5. The Labute approximate surface area is 204 Å². The van der Waals surface area contributed by atoms with Crippen molar-refractivity contribution < 1.29 is 22.6 Å². The normalized spacial score (nSPS) is 11.9. The Morgan fingerprint density at radius 2 is 1.69 bits per heavy atom. The van der Waals surface area contributed by atoms with Crippen molar-refractivity contribution in [1.82, 2.24) is 14.5 Å². The average molecular weight is 489 g/mol. The number of ether oxygens (including phenoxy) is 2. The summed E-state index contributed by atoms with van der Waals surface area (Å²) in [5.41, 5.74) is 3.76. The number of aryl methyl sites for hydroxylation is 1. The van der Waals surface area contributed by atoms with Crippen molar-refractivity contribution in [2.45, 2.75) is 19.1 Å². The minimum absolute atomic E-state index is 0.0741. The van der Waals surface area contributed by atoms with Crippen LogP contribution in [0.15, 0.2) is 73.2 Å². The standard InChI is InChI=1S/C26H18F3N5O2/c1-34-16-32-14-23(34)25(19-4-2-17(12-30)3-5-19)35-15-20-6-9-21(13-31)33-24(20)18-7-10-22(11-8-18)36-26(27,28)29/h2-11,14,16,25H,15H2,1H3. The molecule has 0 N–H and O–H groups in total. The first-order chi connectivity index (χ1) is 17.3. The summed E-state index contributed by atoms with van der Waals surface area (Å²) < 4.78 is 49.6. The largest absolute Gasteiger partial charge is 0.573 e. The number of nitrogens with zero attached hydrogens (tertiary/aromatic N) is 5. The third-order valence-electron chi connectivity index (χ3n) is 5.33. The molecule has 2 aromatic heterocycles. The molecule has 180 valence electrons. The Bertz CT molecular complexity index is 1430. The first-order valence-corrected chi connectivity index (χ1v) is 10.6. The van der Waals surface area contributed by atoms with Crippen LogP contribution in [0, 0.1) is 22.7 Å². The molecule has 4 rings (SSSR count). The molecular formula is C26H18F3N5O2. The first-order valence-electron chi connectivity index (χ1n) is 10.6. The van der Waals surface area contributed by atoms with Crippen molar-refractivity contribution in [3.05, 3.63) is 101 Å². The molecule has 2 heterocycles. The summed E-state index contributed by atoms with van der Waals surface area (Å²) in [5.74, 6) is -0.363. The van der Waals surface area contributed by atoms with Gasteiger partial charge in [-0.2, -0.15) is 10.5 Å². The number of aromatic nitrogens is 3. The third kappa shape index (κ3) is 5.69. The third-order valence-corrected chi connectivity index (χ3v) is 5.33. The maximum atomic E-state index is 12.5. The van der Waals surface area contributed by atoms with E-state index in [2.05, 4.69) is 20.8 Å². The van der Waals surface area contributed by atoms with Gasteiger partial charge in [0.2, 0.25) is 0 Å². The van der Waals surface area contributed by atoms with Gasteiger partial charge in [-0.3, -0.25) is 0 Å². The molecule has 0 fully saturated rings. The molecule has 7 nitrogen and oxygen atoms in total. The number of imidazole rings is 1. The van der Waals surface area contributed by atoms with E-state index in [1.807, 2.05) is 17.7 Å². The van der Waals surface area contributed by atoms with Gasteiger partial charge in [-0.25, -0.2) is 9.97 Å². The van der Waals surface area contributed by atoms with Crippen LogP contribution in [-0.4, -0.2) is 20.9 Å². The number of benzene rings is 2. The van der Waals surface area contributed by atoms with Gasteiger partial charge in [-0.1, -0.05) is 18.2 Å². The second-order valence-corrected chi connectivity index (χ2v) is 7.74. The smallest absolute Gasteiger partial charge is 0.406 e. The molecule has 0 saturated carbocycles. The van der Waals surface area contributed by atoms with Gasteiger partial charge in [0.1, 0.15) is 23.6 Å². The van der Waals surface area contributed by atoms with Crippen molar-refractivity contribution in [3.8, 4) is 29.1 Å². The van der Waals surface area contributed by atoms with Crippen LogP contribution in [0.5, 0.6) is 5.75 Å². The van der Waals surface area contributed by atoms with Gasteiger partial charge < -0.3 is 14.0 Å². The highest BCUT2D eigenvalue weighted by molar-refractivity contribution is 5.64. The lowest BCUT2D eigenvalue weighted by atomic mass is 10.0. The molecule has 0 bridgehead atoms. The molecule has 0 amide bonds. The molecule has 1 atom stereocenters. The summed E-state index contributed by atoms with van der Waals surface area (Å²) in [7, 11) is 1.83. The van der Waals surface area contributed by atoms with E-state index in [1.165, 1.54) is 24.3 Å². The summed E-state index contributed by atoms with van der Waals surface area (Å²) >= 11 is 0. The molecule has 0 saturated heterocycles. The van der Waals surface area contributed by atoms with Gasteiger partial charge in [0.05, 0.1) is 42.2 Å². The van der Waals surface area contributed by atoms with Crippen molar-refractivity contribution >= 4 is 0 Å². The van der Waals surface area contributed by atoms with E-state index in [9.17, 15) is 18.4 Å². The summed E-state index contributed by atoms with van der Waals surface area (Å²) in [5, 5.41) is 18.4. The summed E-state index contributed by atoms with van der Waals surface area (Å²) in [6.07, 6.45) is -2.00. The second kappa shape index (κ2) is 10.3. The van der Waals surface area contributed by atoms with Crippen LogP contribution in [0.2, 0.25) is 0 Å². The van der Waals surface area contributed by atoms with Crippen LogP contribution in [0.3, 0.4) is 0 Å². The Morgan fingerprint density at radius 1 is 0.972 bits per heavy atom. The molecular weight excluding hydrogens is 471 g/mol. The monoisotopic (exact) mass is 489 g/mol. The Morgan fingerprint density at radius 3 is 2.28 bits per heavy atom. The van der Waals surface area contributed by atoms with Crippen LogP contribution in [0.25, 0.3) is 11.3 Å². The fourth-order valence-electron chi connectivity index (χ4n) is 3.61. The molecule has 1 unspecified atom stereocenters. The molecule has 2 aromatic carbocycles. The number of halogens is 3. The van der Waals surface area contributed by atoms with Crippen molar-refractivity contribution in [1.29, 1.82) is 10.5 Å². The second-order valence-electron chi connectivity index (χ2n) is 7.74. The van der Waals surface area contributed by atoms with Crippen LogP contribution in [0.1, 0.15) is 34.2 Å². The van der Waals surface area contributed by atoms with E-state index in [0.717, 1.165) is 11.3 Å². The number of hydrogen-bond donors (Lipinski definition) is 0. The number of rotatable bonds is 7. The summed E-state index contributed by atoms with van der Waals surface area (Å²) in [4.78, 5) is 8.53. The topological polar surface area (TPSA) is 96.8 Å². The Kier molecular flexibility index (Phi) is 7.00. The lowest BCUT2D eigenvalue weighted by molar-refractivity contribution is -0.274. The minimum Gasteiger partial charge on any atom is -0.406 e. The molecule has 4 aromatic rings. The predicted molar refractivity (Wildman–Crippen MR) is 122 cm³/mol. The molecule has 0 spiro atoms. The average Bonchev–Trinajstić information content (AvgIpc) is 3.29. The van der Waals surface area contributed by atoms with Crippen LogP contribution >= 0.6 is 0 Å². The van der Waals surface area contributed by atoms with Gasteiger partial charge in [0.25, 0.3) is 0 Å². The fourth-order valence-corrected chi connectivity index (χ4v) is 3.61. The van der Waals surface area contributed by atoms with Gasteiger partial charge >= 0.3 is 6.36 Å². The molecule has 0 aliphatic heterocycles. The summed E-state index contributed by atoms with van der Waals surface area (Å²) in [6, 6.07) is 19.5. The van der Waals surface area contributed by atoms with E-state index in [-0.39, 0.29) is 18.1 Å². The highest BCUT2D eigenvalue weighted by Crippen LogP contribution is 2.31. The molecule has 0 aliphatic rings. The lowest BCUT2D eigenvalue weighted by Crippen LogP contribution is -2.16. The molecule has 36 heavy (non-hydrogen) atoms. The molecule has 0 aliphatic carbocycles. The zero-order chi connectivity index (χ0) is 25.7. The highest BCUT2D eigenvalue weighted by atomic mass is 19.4. The van der Waals surface area contributed by atoms with E-state index >= 15 is 0 Å². The van der Waals surface area contributed by atoms with Gasteiger partial charge in [0, 0.05) is 18.2 Å². The highest BCUT2D eigenvalue weighted by Gasteiger charge is 2.31. The SMILES string of the molecule is Cn1cncc1C(OCc1ccc(C#N)nc1-c1ccc(OC(F)(F)F)cc1)c1ccc(C#N)cc1. The quantitative estimate of drug-likeness (QED) is 0.343. The van der Waals surface area contributed by atoms with E-state index < -0.39 is 12.5 Å². The van der Waals surface area contributed by atoms with Crippen LogP contribution in [0.4, 0.5) is 13.2 Å². The summed E-state index contributed by atoms with van der Waals surface area (Å²) in [6.45, 7) is 0.0741. The number of hydrogen-bond acceptors (Lipinski definition) is 6. The van der Waals surface area contributed by atoms with Crippen molar-refractivity contribution in [3.63, 3.8) is 0 Å². The van der Waals surface area contributed by atoms with Gasteiger partial charge in [0.15, 0.2) is 0 Å². The minimum atomic E-state index is -4.80.